The van der Waals surface area contributed by atoms with Gasteiger partial charge in [-0.2, -0.15) is 0 Å². The lowest BCUT2D eigenvalue weighted by Crippen LogP contribution is -1.91. The minimum absolute atomic E-state index is 1.06. The van der Waals surface area contributed by atoms with Crippen molar-refractivity contribution in [2.45, 2.75) is 27.2 Å². The van der Waals surface area contributed by atoms with Gasteiger partial charge >= 0.3 is 0 Å². The standard InChI is InChI=1S/C15H17N/c1-4-13-9-12(3)16-15(10-13)14-7-5-11(2)6-8-14/h5-10H,4H2,1-3H3. The van der Waals surface area contributed by atoms with Crippen LogP contribution in [0.2, 0.25) is 0 Å². The summed E-state index contributed by atoms with van der Waals surface area (Å²) in [5.41, 5.74) is 6.01. The lowest BCUT2D eigenvalue weighted by atomic mass is 10.1. The minimum Gasteiger partial charge on any atom is -0.253 e. The molecular weight excluding hydrogens is 194 g/mol. The first-order valence-electron chi connectivity index (χ1n) is 5.73. The number of nitrogens with zero attached hydrogens (tertiary/aromatic N) is 1. The van der Waals surface area contributed by atoms with Gasteiger partial charge in [0, 0.05) is 11.3 Å². The number of aryl methyl sites for hydroxylation is 3. The number of benzene rings is 1. The van der Waals surface area contributed by atoms with Gasteiger partial charge in [0.15, 0.2) is 0 Å². The van der Waals surface area contributed by atoms with Crippen LogP contribution >= 0.6 is 0 Å². The van der Waals surface area contributed by atoms with Gasteiger partial charge in [0.25, 0.3) is 0 Å². The van der Waals surface area contributed by atoms with E-state index in [0.717, 1.165) is 17.8 Å². The molecule has 0 saturated carbocycles. The zero-order chi connectivity index (χ0) is 11.5. The highest BCUT2D eigenvalue weighted by Crippen LogP contribution is 2.19. The Morgan fingerprint density at radius 1 is 1.00 bits per heavy atom. The van der Waals surface area contributed by atoms with E-state index in [4.69, 9.17) is 0 Å². The number of pyridine rings is 1. The van der Waals surface area contributed by atoms with Crippen molar-refractivity contribution >= 4 is 0 Å². The van der Waals surface area contributed by atoms with E-state index in [-0.39, 0.29) is 0 Å². The molecule has 0 aliphatic carbocycles. The fourth-order valence-corrected chi connectivity index (χ4v) is 1.82. The van der Waals surface area contributed by atoms with Gasteiger partial charge in [-0.3, -0.25) is 4.98 Å². The fraction of sp³-hybridized carbons (Fsp3) is 0.267. The molecule has 16 heavy (non-hydrogen) atoms. The lowest BCUT2D eigenvalue weighted by Gasteiger charge is -2.06. The Kier molecular flexibility index (Phi) is 3.04. The molecule has 1 nitrogen and oxygen atoms in total. The largest absolute Gasteiger partial charge is 0.253 e. The van der Waals surface area contributed by atoms with E-state index >= 15 is 0 Å². The summed E-state index contributed by atoms with van der Waals surface area (Å²) in [4.78, 5) is 4.58. The topological polar surface area (TPSA) is 12.9 Å². The molecule has 0 N–H and O–H groups in total. The second-order valence-corrected chi connectivity index (χ2v) is 4.22. The summed E-state index contributed by atoms with van der Waals surface area (Å²) < 4.78 is 0. The first kappa shape index (κ1) is 10.9. The maximum absolute atomic E-state index is 4.58. The van der Waals surface area contributed by atoms with Gasteiger partial charge in [0.1, 0.15) is 0 Å². The number of aromatic nitrogens is 1. The molecule has 0 fully saturated rings. The van der Waals surface area contributed by atoms with Crippen LogP contribution in [0.4, 0.5) is 0 Å². The Morgan fingerprint density at radius 2 is 1.69 bits per heavy atom. The van der Waals surface area contributed by atoms with Gasteiger partial charge in [-0.15, -0.1) is 0 Å². The van der Waals surface area contributed by atoms with E-state index in [9.17, 15) is 0 Å². The van der Waals surface area contributed by atoms with Gasteiger partial charge in [0.2, 0.25) is 0 Å². The summed E-state index contributed by atoms with van der Waals surface area (Å²) in [6, 6.07) is 12.9. The molecule has 1 aromatic carbocycles. The maximum atomic E-state index is 4.58. The Hall–Kier alpha value is -1.63. The monoisotopic (exact) mass is 211 g/mol. The van der Waals surface area contributed by atoms with Crippen LogP contribution in [-0.2, 0) is 6.42 Å². The quantitative estimate of drug-likeness (QED) is 0.733. The molecule has 2 rings (SSSR count). The van der Waals surface area contributed by atoms with Crippen LogP contribution in [0, 0.1) is 13.8 Å². The van der Waals surface area contributed by atoms with E-state index < -0.39 is 0 Å². The Bertz CT molecular complexity index is 483. The summed E-state index contributed by atoms with van der Waals surface area (Å²) in [6.45, 7) is 6.33. The first-order valence-corrected chi connectivity index (χ1v) is 5.73. The number of hydrogen-bond acceptors (Lipinski definition) is 1. The summed E-state index contributed by atoms with van der Waals surface area (Å²) >= 11 is 0. The van der Waals surface area contributed by atoms with Crippen molar-refractivity contribution in [3.63, 3.8) is 0 Å². The number of hydrogen-bond donors (Lipinski definition) is 0. The third-order valence-electron chi connectivity index (χ3n) is 2.77. The summed E-state index contributed by atoms with van der Waals surface area (Å²) in [5, 5.41) is 0. The molecule has 0 spiro atoms. The van der Waals surface area contributed by atoms with E-state index in [1.54, 1.807) is 0 Å². The fourth-order valence-electron chi connectivity index (χ4n) is 1.82. The Labute approximate surface area is 97.2 Å². The van der Waals surface area contributed by atoms with Crippen molar-refractivity contribution in [1.82, 2.24) is 4.98 Å². The molecule has 0 bridgehead atoms. The van der Waals surface area contributed by atoms with Crippen LogP contribution in [-0.4, -0.2) is 4.98 Å². The molecule has 1 heteroatoms. The van der Waals surface area contributed by atoms with Crippen LogP contribution in [0.5, 0.6) is 0 Å². The van der Waals surface area contributed by atoms with Crippen LogP contribution in [0.3, 0.4) is 0 Å². The van der Waals surface area contributed by atoms with Crippen molar-refractivity contribution in [3.05, 3.63) is 53.2 Å². The third-order valence-corrected chi connectivity index (χ3v) is 2.77. The highest BCUT2D eigenvalue weighted by Gasteiger charge is 2.01. The van der Waals surface area contributed by atoms with Crippen molar-refractivity contribution in [1.29, 1.82) is 0 Å². The molecule has 82 valence electrons. The first-order chi connectivity index (χ1) is 7.69. The zero-order valence-electron chi connectivity index (χ0n) is 10.1. The molecule has 0 atom stereocenters. The molecule has 0 aliphatic rings. The molecule has 2 aromatic rings. The Balaban J connectivity index is 2.47. The lowest BCUT2D eigenvalue weighted by molar-refractivity contribution is 1.09. The van der Waals surface area contributed by atoms with E-state index in [0.29, 0.717) is 0 Å². The molecule has 1 heterocycles. The normalized spacial score (nSPS) is 10.4. The predicted molar refractivity (Wildman–Crippen MR) is 68.5 cm³/mol. The van der Waals surface area contributed by atoms with Crippen LogP contribution in [0.1, 0.15) is 23.7 Å². The van der Waals surface area contributed by atoms with Crippen LogP contribution < -0.4 is 0 Å². The van der Waals surface area contributed by atoms with E-state index in [2.05, 4.69) is 62.2 Å². The maximum Gasteiger partial charge on any atom is 0.0707 e. The minimum atomic E-state index is 1.06. The van der Waals surface area contributed by atoms with Gasteiger partial charge in [0.05, 0.1) is 5.69 Å². The summed E-state index contributed by atoms with van der Waals surface area (Å²) in [6.07, 6.45) is 1.06. The third kappa shape index (κ3) is 2.30. The number of rotatable bonds is 2. The molecular formula is C15H17N. The van der Waals surface area contributed by atoms with E-state index in [1.807, 2.05) is 0 Å². The predicted octanol–water partition coefficient (Wildman–Crippen LogP) is 3.93. The van der Waals surface area contributed by atoms with Crippen molar-refractivity contribution in [2.75, 3.05) is 0 Å². The molecule has 0 aliphatic heterocycles. The van der Waals surface area contributed by atoms with Crippen LogP contribution in [0.15, 0.2) is 36.4 Å². The summed E-state index contributed by atoms with van der Waals surface area (Å²) in [7, 11) is 0. The van der Waals surface area contributed by atoms with Gasteiger partial charge in [-0.1, -0.05) is 36.8 Å². The average Bonchev–Trinajstić information content (AvgIpc) is 2.29. The van der Waals surface area contributed by atoms with Crippen molar-refractivity contribution in [2.24, 2.45) is 0 Å². The second-order valence-electron chi connectivity index (χ2n) is 4.22. The molecule has 0 amide bonds. The smallest absolute Gasteiger partial charge is 0.0707 e. The van der Waals surface area contributed by atoms with Gasteiger partial charge in [-0.05, 0) is 38.0 Å². The van der Waals surface area contributed by atoms with E-state index in [1.165, 1.54) is 16.7 Å². The van der Waals surface area contributed by atoms with Crippen molar-refractivity contribution < 1.29 is 0 Å². The SMILES string of the molecule is CCc1cc(C)nc(-c2ccc(C)cc2)c1. The van der Waals surface area contributed by atoms with Gasteiger partial charge in [-0.25, -0.2) is 0 Å². The summed E-state index contributed by atoms with van der Waals surface area (Å²) in [5.74, 6) is 0. The molecule has 0 saturated heterocycles. The highest BCUT2D eigenvalue weighted by atomic mass is 14.7. The zero-order valence-corrected chi connectivity index (χ0v) is 10.1. The second kappa shape index (κ2) is 4.48. The van der Waals surface area contributed by atoms with Crippen molar-refractivity contribution in [3.8, 4) is 11.3 Å². The van der Waals surface area contributed by atoms with Crippen LogP contribution in [0.25, 0.3) is 11.3 Å². The molecule has 0 radical (unpaired) electrons. The molecule has 1 aromatic heterocycles. The molecule has 0 unspecified atom stereocenters. The highest BCUT2D eigenvalue weighted by molar-refractivity contribution is 5.60. The average molecular weight is 211 g/mol. The Morgan fingerprint density at radius 3 is 2.31 bits per heavy atom. The van der Waals surface area contributed by atoms with Gasteiger partial charge < -0.3 is 0 Å².